The summed E-state index contributed by atoms with van der Waals surface area (Å²) in [4.78, 5) is 6.21. The summed E-state index contributed by atoms with van der Waals surface area (Å²) >= 11 is 0. The van der Waals surface area contributed by atoms with Crippen LogP contribution in [0.2, 0.25) is 58.9 Å². The van der Waals surface area contributed by atoms with Crippen molar-refractivity contribution in [3.05, 3.63) is 35.9 Å². The molecule has 1 aromatic rings. The Morgan fingerprint density at radius 1 is 0.778 bits per heavy atom. The van der Waals surface area contributed by atoms with Crippen LogP contribution in [0, 0.1) is 34.5 Å². The maximum absolute atomic E-state index is 7.51. The second-order valence-corrected chi connectivity index (χ2v) is 31.9. The van der Waals surface area contributed by atoms with Crippen molar-refractivity contribution in [2.45, 2.75) is 149 Å². The maximum atomic E-state index is 7.51. The van der Waals surface area contributed by atoms with Gasteiger partial charge < -0.3 is 18.1 Å². The molecule has 0 unspecified atom stereocenters. The lowest BCUT2D eigenvalue weighted by Crippen LogP contribution is -2.62. The molecule has 4 aliphatic carbocycles. The van der Waals surface area contributed by atoms with E-state index >= 15 is 0 Å². The predicted molar refractivity (Wildman–Crippen MR) is 195 cm³/mol. The van der Waals surface area contributed by atoms with Gasteiger partial charge in [-0.15, -0.1) is 0 Å². The topological polar surface area (TPSA) is 49.3 Å². The van der Waals surface area contributed by atoms with E-state index in [4.69, 9.17) is 23.3 Å². The second-order valence-electron chi connectivity index (χ2n) is 18.5. The van der Waals surface area contributed by atoms with E-state index in [0.717, 1.165) is 35.4 Å². The van der Waals surface area contributed by atoms with Crippen LogP contribution >= 0.6 is 0 Å². The van der Waals surface area contributed by atoms with Crippen LogP contribution in [0.1, 0.15) is 77.2 Å². The largest absolute Gasteiger partial charge is 0.415 e. The van der Waals surface area contributed by atoms with Gasteiger partial charge >= 0.3 is 0 Å². The van der Waals surface area contributed by atoms with E-state index in [-0.39, 0.29) is 5.41 Å². The van der Waals surface area contributed by atoms with Crippen molar-refractivity contribution in [3.8, 4) is 0 Å². The van der Waals surface area contributed by atoms with Crippen LogP contribution in [0.25, 0.3) is 0 Å². The maximum Gasteiger partial charge on any atom is 0.185 e. The Morgan fingerprint density at radius 2 is 1.47 bits per heavy atom. The fourth-order valence-electron chi connectivity index (χ4n) is 10.3. The summed E-state index contributed by atoms with van der Waals surface area (Å²) in [5, 5.41) is 5.02. The van der Waals surface area contributed by atoms with E-state index in [1.165, 1.54) is 51.4 Å². The number of hydrogen-bond acceptors (Lipinski definition) is 5. The van der Waals surface area contributed by atoms with Gasteiger partial charge in [0.05, 0.1) is 6.61 Å². The van der Waals surface area contributed by atoms with Crippen LogP contribution in [-0.4, -0.2) is 49.0 Å². The molecule has 45 heavy (non-hydrogen) atoms. The zero-order chi connectivity index (χ0) is 32.9. The van der Waals surface area contributed by atoms with Crippen molar-refractivity contribution < 1.29 is 18.1 Å². The summed E-state index contributed by atoms with van der Waals surface area (Å²) < 4.78 is 20.9. The van der Waals surface area contributed by atoms with E-state index < -0.39 is 30.6 Å². The molecule has 8 atom stereocenters. The van der Waals surface area contributed by atoms with Gasteiger partial charge in [-0.1, -0.05) is 49.3 Å². The summed E-state index contributed by atoms with van der Waals surface area (Å²) in [5.41, 5.74) is 2.16. The summed E-state index contributed by atoms with van der Waals surface area (Å²) in [6.45, 7) is 27.2. The van der Waals surface area contributed by atoms with Crippen LogP contribution in [0.4, 0.5) is 0 Å². The summed E-state index contributed by atoms with van der Waals surface area (Å²) in [5.74, 6) is 3.01. The monoisotopic (exact) mass is 671 g/mol. The smallest absolute Gasteiger partial charge is 0.185 e. The summed E-state index contributed by atoms with van der Waals surface area (Å²) in [7, 11) is -5.29. The lowest BCUT2D eigenvalue weighted by molar-refractivity contribution is -0.139. The summed E-state index contributed by atoms with van der Waals surface area (Å²) in [6.07, 6.45) is 11.8. The van der Waals surface area contributed by atoms with Gasteiger partial charge in [0, 0.05) is 11.5 Å². The highest BCUT2D eigenvalue weighted by Gasteiger charge is 2.68. The Kier molecular flexibility index (Phi) is 10.2. The molecule has 0 bridgehead atoms. The zero-order valence-corrected chi connectivity index (χ0v) is 33.6. The fourth-order valence-corrected chi connectivity index (χ4v) is 13.6. The number of oxime groups is 1. The van der Waals surface area contributed by atoms with Crippen LogP contribution < -0.4 is 0 Å². The first-order valence-corrected chi connectivity index (χ1v) is 28.3. The highest BCUT2D eigenvalue weighted by Crippen LogP contribution is 2.69. The van der Waals surface area contributed by atoms with Crippen molar-refractivity contribution in [2.75, 3.05) is 6.61 Å². The van der Waals surface area contributed by atoms with E-state index in [9.17, 15) is 0 Å². The van der Waals surface area contributed by atoms with Gasteiger partial charge in [-0.25, -0.2) is 0 Å². The molecule has 0 radical (unpaired) electrons. The van der Waals surface area contributed by atoms with Crippen molar-refractivity contribution in [1.82, 2.24) is 0 Å². The molecule has 0 aliphatic heterocycles. The molecule has 0 heterocycles. The minimum atomic E-state index is -1.96. The third kappa shape index (κ3) is 7.61. The third-order valence-corrected chi connectivity index (χ3v) is 15.1. The third-order valence-electron chi connectivity index (χ3n) is 12.1. The van der Waals surface area contributed by atoms with Gasteiger partial charge in [0.2, 0.25) is 0 Å². The normalized spacial score (nSPS) is 37.5. The molecule has 0 aromatic heterocycles. The standard InChI is InChI=1S/C37H65NO4Si3/c1-35-22-19-30(41-44(6,7)8)25-29(35)17-18-31-32(35)20-23-36(2)33(31)21-24-37(36,42-45(9,10)11)34(27-40-43(3,4)5)38-39-26-28-15-13-12-14-16-28/h12-16,29-33H,17-27H2,1-11H3/b38-34-/t29-,30-,31-,32+,33+,35+,36+,37+/m1/s1. The molecule has 5 nitrogen and oxygen atoms in total. The molecule has 5 rings (SSSR count). The molecule has 8 heteroatoms. The number of fused-ring (bicyclic) bond motifs is 5. The highest BCUT2D eigenvalue weighted by atomic mass is 28.4. The SMILES string of the molecule is C[C@]12CC[C@@H](O[Si](C)(C)C)C[C@H]1CC[C@@H]1[C@@H]2CC[C@@]2(C)[C@H]1CC[C@]2(O[Si](C)(C)C)/C(CO[Si](C)(C)C)=N\OCc1ccccc1. The first kappa shape index (κ1) is 35.5. The molecule has 254 valence electrons. The van der Waals surface area contributed by atoms with Crippen molar-refractivity contribution >= 4 is 30.7 Å². The van der Waals surface area contributed by atoms with Gasteiger partial charge in [0.1, 0.15) is 17.9 Å². The Bertz CT molecular complexity index is 1190. The van der Waals surface area contributed by atoms with Gasteiger partial charge in [-0.3, -0.25) is 0 Å². The second kappa shape index (κ2) is 12.9. The lowest BCUT2D eigenvalue weighted by atomic mass is 9.44. The first-order chi connectivity index (χ1) is 20.9. The van der Waals surface area contributed by atoms with Crippen LogP contribution in [0.5, 0.6) is 0 Å². The number of nitrogens with zero attached hydrogens (tertiary/aromatic N) is 1. The first-order valence-electron chi connectivity index (χ1n) is 18.1. The predicted octanol–water partition coefficient (Wildman–Crippen LogP) is 10.3. The van der Waals surface area contributed by atoms with Gasteiger partial charge in [0.25, 0.3) is 0 Å². The Morgan fingerprint density at radius 3 is 2.11 bits per heavy atom. The van der Waals surface area contributed by atoms with Crippen molar-refractivity contribution in [1.29, 1.82) is 0 Å². The number of hydrogen-bond donors (Lipinski definition) is 0. The van der Waals surface area contributed by atoms with Gasteiger partial charge in [-0.2, -0.15) is 0 Å². The molecule has 0 spiro atoms. The van der Waals surface area contributed by atoms with Gasteiger partial charge in [0.15, 0.2) is 25.0 Å². The summed E-state index contributed by atoms with van der Waals surface area (Å²) in [6, 6.07) is 10.4. The van der Waals surface area contributed by atoms with Crippen molar-refractivity contribution in [2.24, 2.45) is 39.7 Å². The molecule has 0 amide bonds. The molecule has 1 aromatic carbocycles. The van der Waals surface area contributed by atoms with E-state index in [0.29, 0.717) is 30.7 Å². The molecular formula is C37H65NO4Si3. The average molecular weight is 672 g/mol. The van der Waals surface area contributed by atoms with Crippen LogP contribution in [0.15, 0.2) is 35.5 Å². The van der Waals surface area contributed by atoms with E-state index in [2.05, 4.69) is 97.0 Å². The zero-order valence-electron chi connectivity index (χ0n) is 30.6. The minimum Gasteiger partial charge on any atom is -0.415 e. The minimum absolute atomic E-state index is 0.0214. The van der Waals surface area contributed by atoms with E-state index in [1.54, 1.807) is 0 Å². The lowest BCUT2D eigenvalue weighted by Gasteiger charge is -2.62. The van der Waals surface area contributed by atoms with Gasteiger partial charge in [-0.05, 0) is 151 Å². The molecule has 4 fully saturated rings. The Hall–Kier alpha value is -0.779. The van der Waals surface area contributed by atoms with E-state index in [1.807, 2.05) is 6.07 Å². The van der Waals surface area contributed by atoms with Crippen LogP contribution in [0.3, 0.4) is 0 Å². The quantitative estimate of drug-likeness (QED) is 0.133. The molecule has 4 aliphatic rings. The molecular weight excluding hydrogens is 607 g/mol. The Balaban J connectivity index is 1.45. The molecule has 0 N–H and O–H groups in total. The fraction of sp³-hybridized carbons (Fsp3) is 0.811. The Labute approximate surface area is 279 Å². The van der Waals surface area contributed by atoms with Crippen molar-refractivity contribution in [3.63, 3.8) is 0 Å². The number of rotatable bonds is 11. The highest BCUT2D eigenvalue weighted by molar-refractivity contribution is 6.70. The molecule has 4 saturated carbocycles. The molecule has 0 saturated heterocycles. The van der Waals surface area contributed by atoms with Crippen LogP contribution in [-0.2, 0) is 24.7 Å². The number of benzene rings is 1. The average Bonchev–Trinajstić information content (AvgIpc) is 3.21.